The monoisotopic (exact) mass is 282 g/mol. The van der Waals surface area contributed by atoms with Gasteiger partial charge in [0.15, 0.2) is 0 Å². The quantitative estimate of drug-likeness (QED) is 0.587. The Kier molecular flexibility index (Phi) is 4.54. The molecule has 1 rings (SSSR count). The highest BCUT2D eigenvalue weighted by Crippen LogP contribution is 2.27. The summed E-state index contributed by atoms with van der Waals surface area (Å²) in [5, 5.41) is 2.00. The maximum absolute atomic E-state index is 5.82. The lowest BCUT2D eigenvalue weighted by atomic mass is 10.0. The minimum atomic E-state index is -0.457. The van der Waals surface area contributed by atoms with Crippen molar-refractivity contribution in [3.8, 4) is 0 Å². The lowest BCUT2D eigenvalue weighted by Crippen LogP contribution is -2.46. The first kappa shape index (κ1) is 14.9. The number of halogens is 2. The average Bonchev–Trinajstić information content (AvgIpc) is 2.62. The Hall–Kier alpha value is -0.200. The first-order valence-electron chi connectivity index (χ1n) is 5.56. The summed E-state index contributed by atoms with van der Waals surface area (Å²) in [7, 11) is 6.49. The van der Waals surface area contributed by atoms with Gasteiger partial charge in [-0.2, -0.15) is 0 Å². The molecule has 0 bridgehead atoms. The van der Waals surface area contributed by atoms with E-state index in [0.717, 1.165) is 27.2 Å². The van der Waals surface area contributed by atoms with Gasteiger partial charge in [0.1, 0.15) is 0 Å². The molecule has 1 aliphatic heterocycles. The highest BCUT2D eigenvalue weighted by Gasteiger charge is 2.32. The number of rotatable bonds is 5. The van der Waals surface area contributed by atoms with E-state index in [0.29, 0.717) is 0 Å². The molecule has 0 amide bonds. The largest absolute Gasteiger partial charge is 0.329 e. The van der Waals surface area contributed by atoms with E-state index < -0.39 is 5.54 Å². The Morgan fingerprint density at radius 3 is 2.41 bits per heavy atom. The molecule has 0 atom stereocenters. The van der Waals surface area contributed by atoms with Crippen molar-refractivity contribution < 1.29 is 4.48 Å². The maximum atomic E-state index is 5.82. The van der Waals surface area contributed by atoms with Crippen LogP contribution in [0.15, 0.2) is 11.9 Å². The van der Waals surface area contributed by atoms with Gasteiger partial charge in [-0.15, -0.1) is 9.47 Å². The van der Waals surface area contributed by atoms with Crippen LogP contribution < -0.4 is 11.0 Å². The fourth-order valence-electron chi connectivity index (χ4n) is 1.28. The third-order valence-electron chi connectivity index (χ3n) is 2.71. The van der Waals surface area contributed by atoms with Crippen LogP contribution in [-0.2, 0) is 0 Å². The molecule has 5 nitrogen and oxygen atoms in total. The summed E-state index contributed by atoms with van der Waals surface area (Å²) in [6.07, 6.45) is 1.99. The van der Waals surface area contributed by atoms with Gasteiger partial charge in [-0.05, 0) is 37.4 Å². The zero-order chi connectivity index (χ0) is 13.3. The molecule has 0 spiro atoms. The van der Waals surface area contributed by atoms with E-state index >= 15 is 0 Å². The third kappa shape index (κ3) is 4.19. The summed E-state index contributed by atoms with van der Waals surface area (Å²) in [5.74, 6) is 0. The van der Waals surface area contributed by atoms with Crippen molar-refractivity contribution in [3.63, 3.8) is 0 Å². The molecule has 0 aliphatic carbocycles. The van der Waals surface area contributed by atoms with Crippen LogP contribution >= 0.6 is 23.6 Å². The average molecular weight is 283 g/mol. The summed E-state index contributed by atoms with van der Waals surface area (Å²) in [6.45, 7) is 5.82. The van der Waals surface area contributed by atoms with Crippen LogP contribution in [0.3, 0.4) is 0 Å². The lowest BCUT2D eigenvalue weighted by molar-refractivity contribution is -0.869. The predicted octanol–water partition coefficient (Wildman–Crippen LogP) is 1.25. The predicted molar refractivity (Wildman–Crippen MR) is 71.6 cm³/mol. The van der Waals surface area contributed by atoms with Crippen LogP contribution in [-0.4, -0.2) is 53.2 Å². The molecule has 17 heavy (non-hydrogen) atoms. The topological polar surface area (TPSA) is 30.5 Å². The lowest BCUT2D eigenvalue weighted by Gasteiger charge is -2.27. The molecule has 1 aliphatic rings. The summed E-state index contributed by atoms with van der Waals surface area (Å²) in [6, 6.07) is 0. The van der Waals surface area contributed by atoms with E-state index in [1.165, 1.54) is 0 Å². The van der Waals surface area contributed by atoms with E-state index in [2.05, 4.69) is 32.1 Å². The van der Waals surface area contributed by atoms with Gasteiger partial charge in [0.2, 0.25) is 0 Å². The Balaban J connectivity index is 2.57. The standard InChI is InChI=1S/C10H22Cl2N5/c1-10(2,16(11)12)9-8-15(14-13-9)6-7-17(3,4)5/h8,13-14H,6-7H2,1-5H3/q+1. The molecule has 100 valence electrons. The molecule has 0 aromatic heterocycles. The van der Waals surface area contributed by atoms with Crippen molar-refractivity contribution in [2.45, 2.75) is 19.4 Å². The van der Waals surface area contributed by atoms with E-state index in [1.807, 2.05) is 25.1 Å². The first-order valence-corrected chi connectivity index (χ1v) is 6.23. The Bertz CT molecular complexity index is 296. The van der Waals surface area contributed by atoms with Gasteiger partial charge in [0.25, 0.3) is 0 Å². The normalized spacial score (nSPS) is 17.4. The molecule has 0 aromatic carbocycles. The van der Waals surface area contributed by atoms with Gasteiger partial charge in [-0.1, -0.05) is 0 Å². The molecule has 7 heteroatoms. The van der Waals surface area contributed by atoms with Crippen LogP contribution in [0, 0.1) is 0 Å². The summed E-state index contributed by atoms with van der Waals surface area (Å²) in [5.41, 5.74) is 6.64. The van der Waals surface area contributed by atoms with Crippen LogP contribution in [0.2, 0.25) is 0 Å². The van der Waals surface area contributed by atoms with Crippen molar-refractivity contribution in [1.82, 2.24) is 19.9 Å². The van der Waals surface area contributed by atoms with Crippen molar-refractivity contribution in [2.24, 2.45) is 0 Å². The highest BCUT2D eigenvalue weighted by molar-refractivity contribution is 6.34. The van der Waals surface area contributed by atoms with Gasteiger partial charge >= 0.3 is 0 Å². The molecule has 1 heterocycles. The summed E-state index contributed by atoms with van der Waals surface area (Å²) < 4.78 is 2.07. The first-order chi connectivity index (χ1) is 7.63. The molecule has 2 N–H and O–H groups in total. The summed E-state index contributed by atoms with van der Waals surface area (Å²) >= 11 is 11.6. The van der Waals surface area contributed by atoms with Crippen molar-refractivity contribution in [2.75, 3.05) is 34.2 Å². The number of nitrogens with one attached hydrogen (secondary N) is 2. The van der Waals surface area contributed by atoms with Crippen molar-refractivity contribution >= 4 is 23.6 Å². The Labute approximate surface area is 114 Å². The second kappa shape index (κ2) is 5.20. The number of quaternary nitrogens is 1. The van der Waals surface area contributed by atoms with Gasteiger partial charge < -0.3 is 9.91 Å². The molecular weight excluding hydrogens is 261 g/mol. The number of hydrazine groups is 2. The second-order valence-electron chi connectivity index (χ2n) is 5.78. The smallest absolute Gasteiger partial charge is 0.0975 e. The summed E-state index contributed by atoms with van der Waals surface area (Å²) in [4.78, 5) is 0. The van der Waals surface area contributed by atoms with Crippen LogP contribution in [0.25, 0.3) is 0 Å². The van der Waals surface area contributed by atoms with Gasteiger partial charge in [-0.25, -0.2) is 0 Å². The molecule has 0 aromatic rings. The van der Waals surface area contributed by atoms with E-state index in [-0.39, 0.29) is 0 Å². The molecule has 0 radical (unpaired) electrons. The minimum Gasteiger partial charge on any atom is -0.329 e. The third-order valence-corrected chi connectivity index (χ3v) is 3.56. The van der Waals surface area contributed by atoms with Crippen LogP contribution in [0.1, 0.15) is 13.8 Å². The molecule has 0 saturated carbocycles. The molecule has 0 saturated heterocycles. The van der Waals surface area contributed by atoms with Crippen LogP contribution in [0.4, 0.5) is 0 Å². The second-order valence-corrected chi connectivity index (χ2v) is 6.63. The highest BCUT2D eigenvalue weighted by atomic mass is 35.5. The Morgan fingerprint density at radius 1 is 1.35 bits per heavy atom. The van der Waals surface area contributed by atoms with E-state index in [4.69, 9.17) is 23.6 Å². The number of hydrogen-bond acceptors (Lipinski definition) is 4. The SMILES string of the molecule is CC(C)(C1=CN(CC[N+](C)(C)C)NN1)N(Cl)Cl. The van der Waals surface area contributed by atoms with Gasteiger partial charge in [0, 0.05) is 6.20 Å². The molecule has 0 unspecified atom stereocenters. The molecular formula is C10H22Cl2N5+. The van der Waals surface area contributed by atoms with Crippen LogP contribution in [0.5, 0.6) is 0 Å². The van der Waals surface area contributed by atoms with Crippen molar-refractivity contribution in [1.29, 1.82) is 0 Å². The number of nitrogens with zero attached hydrogens (tertiary/aromatic N) is 3. The van der Waals surface area contributed by atoms with E-state index in [9.17, 15) is 0 Å². The number of likely N-dealkylation sites (N-methyl/N-ethyl adjacent to an activating group) is 1. The minimum absolute atomic E-state index is 0.457. The Morgan fingerprint density at radius 2 is 1.94 bits per heavy atom. The zero-order valence-electron chi connectivity index (χ0n) is 11.1. The van der Waals surface area contributed by atoms with Gasteiger partial charge in [-0.3, -0.25) is 5.01 Å². The zero-order valence-corrected chi connectivity index (χ0v) is 12.6. The van der Waals surface area contributed by atoms with Gasteiger partial charge in [0.05, 0.1) is 45.5 Å². The van der Waals surface area contributed by atoms with E-state index in [1.54, 1.807) is 0 Å². The number of hydrogen-bond donors (Lipinski definition) is 2. The van der Waals surface area contributed by atoms with Crippen molar-refractivity contribution in [3.05, 3.63) is 11.9 Å². The fraction of sp³-hybridized carbons (Fsp3) is 0.800. The fourth-order valence-corrected chi connectivity index (χ4v) is 1.46. The maximum Gasteiger partial charge on any atom is 0.0975 e. The molecule has 0 fully saturated rings.